The Kier molecular flexibility index (Phi) is 8.31. The molecule has 0 aliphatic carbocycles. The third-order valence-corrected chi connectivity index (χ3v) is 35.5. The second-order valence-electron chi connectivity index (χ2n) is 9.73. The molecule has 0 amide bonds. The minimum Gasteiger partial charge on any atom is -0.481 e. The van der Waals surface area contributed by atoms with Crippen LogP contribution < -0.4 is 5.19 Å². The van der Waals surface area contributed by atoms with Crippen molar-refractivity contribution in [1.82, 2.24) is 0 Å². The summed E-state index contributed by atoms with van der Waals surface area (Å²) in [4.78, 5) is 20.6. The van der Waals surface area contributed by atoms with Crippen molar-refractivity contribution in [3.8, 4) is 0 Å². The van der Waals surface area contributed by atoms with Crippen LogP contribution in [0.25, 0.3) is 0 Å². The first-order valence-corrected chi connectivity index (χ1v) is 20.8. The monoisotopic (exact) mass is 413 g/mol. The molecule has 1 aromatic rings. The van der Waals surface area contributed by atoms with E-state index in [0.717, 1.165) is 6.92 Å². The molecule has 0 bridgehead atoms. The zero-order valence-corrected chi connectivity index (χ0v) is 21.7. The molecule has 0 aliphatic rings. The molecule has 1 rings (SSSR count). The van der Waals surface area contributed by atoms with Gasteiger partial charge in [0, 0.05) is 31.1 Å². The summed E-state index contributed by atoms with van der Waals surface area (Å²) in [6, 6.07) is 10.5. The fourth-order valence-electron chi connectivity index (χ4n) is 5.25. The summed E-state index contributed by atoms with van der Waals surface area (Å²) in [5, 5.41) is 8.63. The van der Waals surface area contributed by atoms with Crippen molar-refractivity contribution in [3.05, 3.63) is 30.3 Å². The SMILES string of the molecule is CC(=O)O.C[Si](C)(C)C([Si](O)c1ccccc1)([Si](C)(C)C)[Si](C)(C)C. The molecule has 0 aliphatic heterocycles. The fourth-order valence-corrected chi connectivity index (χ4v) is 43.0. The molecule has 0 unspecified atom stereocenters. The van der Waals surface area contributed by atoms with Gasteiger partial charge in [-0.05, 0) is 9.09 Å². The van der Waals surface area contributed by atoms with Crippen LogP contribution in [0.2, 0.25) is 62.8 Å². The molecule has 0 fully saturated rings. The Labute approximate surface area is 159 Å². The highest BCUT2D eigenvalue weighted by Crippen LogP contribution is 2.54. The minimum atomic E-state index is -1.55. The number of carboxylic acid groups (broad SMARTS) is 1. The van der Waals surface area contributed by atoms with Gasteiger partial charge in [0.05, 0.1) is 0 Å². The van der Waals surface area contributed by atoms with Gasteiger partial charge in [-0.1, -0.05) is 89.3 Å². The molecule has 0 heterocycles. The molecule has 0 saturated carbocycles. The molecule has 0 spiro atoms. The van der Waals surface area contributed by atoms with Gasteiger partial charge in [0.25, 0.3) is 5.97 Å². The molecule has 7 heteroatoms. The van der Waals surface area contributed by atoms with Gasteiger partial charge < -0.3 is 9.90 Å². The van der Waals surface area contributed by atoms with Gasteiger partial charge in [0.1, 0.15) is 0 Å². The van der Waals surface area contributed by atoms with Crippen molar-refractivity contribution in [3.63, 3.8) is 0 Å². The topological polar surface area (TPSA) is 57.5 Å². The van der Waals surface area contributed by atoms with Crippen LogP contribution in [0.4, 0.5) is 0 Å². The number of hydrogen-bond donors (Lipinski definition) is 2. The molecule has 0 saturated heterocycles. The Hall–Kier alpha value is -0.482. The number of hydrogen-bond acceptors (Lipinski definition) is 2. The predicted octanol–water partition coefficient (Wildman–Crippen LogP) is 4.34. The Morgan fingerprint density at radius 3 is 1.36 bits per heavy atom. The van der Waals surface area contributed by atoms with Gasteiger partial charge in [-0.2, -0.15) is 0 Å². The maximum atomic E-state index is 11.6. The Morgan fingerprint density at radius 1 is 0.840 bits per heavy atom. The van der Waals surface area contributed by atoms with Gasteiger partial charge in [0.15, 0.2) is 0 Å². The smallest absolute Gasteiger partial charge is 0.300 e. The molecule has 0 aromatic heterocycles. The lowest BCUT2D eigenvalue weighted by atomic mass is 10.4. The summed E-state index contributed by atoms with van der Waals surface area (Å²) in [6.07, 6.45) is 0. The fraction of sp³-hybridized carbons (Fsp3) is 0.611. The molecule has 25 heavy (non-hydrogen) atoms. The van der Waals surface area contributed by atoms with Crippen LogP contribution in [-0.4, -0.2) is 49.1 Å². The van der Waals surface area contributed by atoms with Crippen molar-refractivity contribution in [2.75, 3.05) is 0 Å². The standard InChI is InChI=1S/C16H33OSi4.C2H4O2/c1-19(2,3)16(20(4,5)6,21(7,8)9)18(17)15-13-11-10-12-14-15;1-2(3)4/h10-14,17H,1-9H3;1H3,(H,3,4). The minimum absolute atomic E-state index is 0.249. The molecule has 143 valence electrons. The van der Waals surface area contributed by atoms with E-state index in [2.05, 4.69) is 89.3 Å². The van der Waals surface area contributed by atoms with Crippen LogP contribution >= 0.6 is 0 Å². The van der Waals surface area contributed by atoms with E-state index in [4.69, 9.17) is 9.90 Å². The second-order valence-corrected chi connectivity index (χ2v) is 30.5. The third kappa shape index (κ3) is 5.49. The molecular formula is C18H37O3Si4. The highest BCUT2D eigenvalue weighted by atomic mass is 28.5. The van der Waals surface area contributed by atoms with Gasteiger partial charge in [-0.25, -0.2) is 0 Å². The lowest BCUT2D eigenvalue weighted by Gasteiger charge is -2.60. The lowest BCUT2D eigenvalue weighted by molar-refractivity contribution is -0.134. The van der Waals surface area contributed by atoms with Gasteiger partial charge in [0.2, 0.25) is 9.04 Å². The summed E-state index contributed by atoms with van der Waals surface area (Å²) < 4.78 is 0.249. The van der Waals surface area contributed by atoms with Gasteiger partial charge in [-0.15, -0.1) is 0 Å². The van der Waals surface area contributed by atoms with Crippen molar-refractivity contribution in [1.29, 1.82) is 0 Å². The van der Waals surface area contributed by atoms with E-state index < -0.39 is 39.2 Å². The van der Waals surface area contributed by atoms with Crippen LogP contribution in [0.15, 0.2) is 30.3 Å². The van der Waals surface area contributed by atoms with Crippen molar-refractivity contribution < 1.29 is 14.7 Å². The van der Waals surface area contributed by atoms with Crippen LogP contribution in [0.3, 0.4) is 0 Å². The number of carbonyl (C=O) groups is 1. The number of benzene rings is 1. The van der Waals surface area contributed by atoms with Crippen LogP contribution in [-0.2, 0) is 4.79 Å². The average Bonchev–Trinajstić information content (AvgIpc) is 2.34. The average molecular weight is 414 g/mol. The second kappa shape index (κ2) is 8.47. The number of carboxylic acids is 1. The van der Waals surface area contributed by atoms with Crippen LogP contribution in [0, 0.1) is 0 Å². The maximum absolute atomic E-state index is 11.6. The first-order valence-electron chi connectivity index (χ1n) is 8.81. The van der Waals surface area contributed by atoms with E-state index in [9.17, 15) is 4.80 Å². The van der Waals surface area contributed by atoms with Crippen LogP contribution in [0.1, 0.15) is 6.92 Å². The zero-order valence-electron chi connectivity index (χ0n) is 17.7. The summed E-state index contributed by atoms with van der Waals surface area (Å²) >= 11 is 0. The van der Waals surface area contributed by atoms with Crippen molar-refractivity contribution in [2.24, 2.45) is 0 Å². The van der Waals surface area contributed by atoms with E-state index >= 15 is 0 Å². The summed E-state index contributed by atoms with van der Waals surface area (Å²) in [6.45, 7) is 23.5. The molecule has 1 radical (unpaired) electrons. The Morgan fingerprint density at radius 2 is 1.12 bits per heavy atom. The normalized spacial score (nSPS) is 13.3. The Bertz CT molecular complexity index is 514. The highest BCUT2D eigenvalue weighted by Gasteiger charge is 2.64. The molecule has 2 N–H and O–H groups in total. The first kappa shape index (κ1) is 24.5. The van der Waals surface area contributed by atoms with Gasteiger partial charge >= 0.3 is 0 Å². The van der Waals surface area contributed by atoms with Gasteiger partial charge in [-0.3, -0.25) is 4.79 Å². The summed E-state index contributed by atoms with van der Waals surface area (Å²) in [5.74, 6) is -0.833. The highest BCUT2D eigenvalue weighted by molar-refractivity contribution is 7.26. The first-order chi connectivity index (χ1) is 11.0. The number of aliphatic carboxylic acids is 1. The molecule has 3 nitrogen and oxygen atoms in total. The van der Waals surface area contributed by atoms with E-state index in [1.807, 2.05) is 0 Å². The predicted molar refractivity (Wildman–Crippen MR) is 120 cm³/mol. The van der Waals surface area contributed by atoms with E-state index in [1.54, 1.807) is 0 Å². The van der Waals surface area contributed by atoms with E-state index in [1.165, 1.54) is 5.19 Å². The molecular weight excluding hydrogens is 377 g/mol. The van der Waals surface area contributed by atoms with Crippen molar-refractivity contribution in [2.45, 2.75) is 69.8 Å². The molecule has 0 atom stereocenters. The zero-order chi connectivity index (χ0) is 20.3. The summed E-state index contributed by atoms with van der Waals surface area (Å²) in [5.41, 5.74) is 0. The van der Waals surface area contributed by atoms with Crippen LogP contribution in [0.5, 0.6) is 0 Å². The Balaban J connectivity index is 0.00000129. The third-order valence-electron chi connectivity index (χ3n) is 4.78. The van der Waals surface area contributed by atoms with Crippen molar-refractivity contribution >= 4 is 44.4 Å². The quantitative estimate of drug-likeness (QED) is 0.706. The van der Waals surface area contributed by atoms with E-state index in [-0.39, 0.29) is 3.91 Å². The summed E-state index contributed by atoms with van der Waals surface area (Å²) in [7, 11) is -6.16. The largest absolute Gasteiger partial charge is 0.481 e. The molecule has 1 aromatic carbocycles. The number of rotatable bonds is 5. The maximum Gasteiger partial charge on any atom is 0.300 e. The lowest BCUT2D eigenvalue weighted by Crippen LogP contribution is -2.74. The van der Waals surface area contributed by atoms with E-state index in [0.29, 0.717) is 0 Å².